The average Bonchev–Trinajstić information content (AvgIpc) is 2.21. The summed E-state index contributed by atoms with van der Waals surface area (Å²) in [5.41, 5.74) is 3.56. The summed E-state index contributed by atoms with van der Waals surface area (Å²) in [7, 11) is 1.38. The van der Waals surface area contributed by atoms with Gasteiger partial charge in [-0.2, -0.15) is 0 Å². The van der Waals surface area contributed by atoms with Crippen LogP contribution >= 0.6 is 11.6 Å². The number of nitro groups is 1. The molecule has 7 heteroatoms. The quantitative estimate of drug-likeness (QED) is 0.482. The Hall–Kier alpha value is -1.66. The summed E-state index contributed by atoms with van der Waals surface area (Å²) in [6, 6.07) is 3.36. The van der Waals surface area contributed by atoms with Gasteiger partial charge in [-0.05, 0) is 11.6 Å². The van der Waals surface area contributed by atoms with Crippen LogP contribution in [0.1, 0.15) is 5.56 Å². The van der Waals surface area contributed by atoms with Crippen LogP contribution in [0, 0.1) is 10.1 Å². The molecule has 0 unspecified atom stereocenters. The highest BCUT2D eigenvalue weighted by Crippen LogP contribution is 2.08. The monoisotopic (exact) mass is 243 g/mol. The Morgan fingerprint density at radius 2 is 2.50 bits per heavy atom. The van der Waals surface area contributed by atoms with Crippen molar-refractivity contribution in [3.63, 3.8) is 0 Å². The zero-order valence-electron chi connectivity index (χ0n) is 8.51. The van der Waals surface area contributed by atoms with Crippen molar-refractivity contribution in [2.24, 2.45) is 0 Å². The molecule has 1 N–H and O–H groups in total. The first-order chi connectivity index (χ1) is 7.61. The Balaban J connectivity index is 2.75. The Bertz CT molecular complexity index is 391. The lowest BCUT2D eigenvalue weighted by molar-refractivity contribution is -0.404. The number of hydrogen-bond acceptors (Lipinski definition) is 5. The highest BCUT2D eigenvalue weighted by molar-refractivity contribution is 6.29. The number of hydrogen-bond donors (Lipinski definition) is 1. The summed E-state index contributed by atoms with van der Waals surface area (Å²) < 4.78 is 0. The Labute approximate surface area is 97.0 Å². The summed E-state index contributed by atoms with van der Waals surface area (Å²) in [5, 5.41) is 10.7. The maximum Gasteiger partial charge on any atom is 0.255 e. The number of pyridine rings is 1. The summed E-state index contributed by atoms with van der Waals surface area (Å²) >= 11 is 5.62. The van der Waals surface area contributed by atoms with Crippen LogP contribution < -0.4 is 5.48 Å². The van der Waals surface area contributed by atoms with Crippen molar-refractivity contribution in [3.8, 4) is 0 Å². The van der Waals surface area contributed by atoms with Crippen LogP contribution in [-0.4, -0.2) is 17.0 Å². The predicted molar refractivity (Wildman–Crippen MR) is 58.2 cm³/mol. The van der Waals surface area contributed by atoms with Crippen molar-refractivity contribution in [2.45, 2.75) is 6.42 Å². The summed E-state index contributed by atoms with van der Waals surface area (Å²) in [5.74, 6) is 0. The van der Waals surface area contributed by atoms with E-state index in [4.69, 9.17) is 11.6 Å². The van der Waals surface area contributed by atoms with Gasteiger partial charge in [0.2, 0.25) is 0 Å². The fraction of sp³-hybridized carbons (Fsp3) is 0.222. The topological polar surface area (TPSA) is 77.3 Å². The molecule has 6 nitrogen and oxygen atoms in total. The normalized spacial score (nSPS) is 11.2. The lowest BCUT2D eigenvalue weighted by atomic mass is 10.2. The summed E-state index contributed by atoms with van der Waals surface area (Å²) in [4.78, 5) is 18.3. The molecule has 0 aliphatic heterocycles. The number of hydroxylamine groups is 1. The second-order valence-electron chi connectivity index (χ2n) is 2.91. The molecule has 1 rings (SSSR count). The predicted octanol–water partition coefficient (Wildman–Crippen LogP) is 1.55. The highest BCUT2D eigenvalue weighted by Gasteiger charge is 2.04. The van der Waals surface area contributed by atoms with E-state index in [1.54, 1.807) is 18.3 Å². The molecule has 1 aromatic rings. The van der Waals surface area contributed by atoms with Crippen LogP contribution in [0.3, 0.4) is 0 Å². The molecule has 0 amide bonds. The van der Waals surface area contributed by atoms with Gasteiger partial charge in [-0.3, -0.25) is 20.4 Å². The van der Waals surface area contributed by atoms with Gasteiger partial charge in [0.15, 0.2) is 0 Å². The second-order valence-corrected chi connectivity index (χ2v) is 3.30. The van der Waals surface area contributed by atoms with Gasteiger partial charge in [0.1, 0.15) is 10.9 Å². The van der Waals surface area contributed by atoms with Crippen molar-refractivity contribution in [2.75, 3.05) is 7.11 Å². The molecule has 0 aromatic carbocycles. The summed E-state index contributed by atoms with van der Waals surface area (Å²) in [6.45, 7) is 0. The third kappa shape index (κ3) is 4.24. The van der Waals surface area contributed by atoms with E-state index in [0.717, 1.165) is 11.8 Å². The number of nitrogens with one attached hydrogen (secondary N) is 1. The first-order valence-corrected chi connectivity index (χ1v) is 4.73. The molecule has 0 saturated heterocycles. The van der Waals surface area contributed by atoms with Crippen molar-refractivity contribution in [1.29, 1.82) is 0 Å². The van der Waals surface area contributed by atoms with Crippen molar-refractivity contribution in [1.82, 2.24) is 10.5 Å². The lowest BCUT2D eigenvalue weighted by Crippen LogP contribution is -2.14. The van der Waals surface area contributed by atoms with Gasteiger partial charge < -0.3 is 0 Å². The van der Waals surface area contributed by atoms with E-state index < -0.39 is 4.92 Å². The molecule has 0 fully saturated rings. The molecule has 0 aliphatic rings. The molecular weight excluding hydrogens is 234 g/mol. The van der Waals surface area contributed by atoms with Crippen LogP contribution in [0.5, 0.6) is 0 Å². The van der Waals surface area contributed by atoms with Gasteiger partial charge in [0.25, 0.3) is 6.20 Å². The molecule has 0 bridgehead atoms. The van der Waals surface area contributed by atoms with Gasteiger partial charge in [0.05, 0.1) is 12.0 Å². The molecule has 86 valence electrons. The largest absolute Gasteiger partial charge is 0.280 e. The van der Waals surface area contributed by atoms with Gasteiger partial charge in [-0.25, -0.2) is 4.98 Å². The Morgan fingerprint density at radius 1 is 1.75 bits per heavy atom. The fourth-order valence-electron chi connectivity index (χ4n) is 1.10. The first-order valence-electron chi connectivity index (χ1n) is 4.35. The Kier molecular flexibility index (Phi) is 4.68. The summed E-state index contributed by atoms with van der Waals surface area (Å²) in [6.07, 6.45) is 2.71. The zero-order chi connectivity index (χ0) is 12.0. The van der Waals surface area contributed by atoms with E-state index in [1.165, 1.54) is 7.11 Å². The molecule has 16 heavy (non-hydrogen) atoms. The van der Waals surface area contributed by atoms with E-state index >= 15 is 0 Å². The van der Waals surface area contributed by atoms with Crippen LogP contribution in [0.25, 0.3) is 0 Å². The minimum Gasteiger partial charge on any atom is -0.280 e. The van der Waals surface area contributed by atoms with Gasteiger partial charge in [-0.15, -0.1) is 0 Å². The van der Waals surface area contributed by atoms with Crippen LogP contribution in [0.2, 0.25) is 5.15 Å². The first kappa shape index (κ1) is 12.4. The van der Waals surface area contributed by atoms with Crippen molar-refractivity contribution < 1.29 is 9.76 Å². The molecule has 0 radical (unpaired) electrons. The maximum atomic E-state index is 10.3. The average molecular weight is 244 g/mol. The van der Waals surface area contributed by atoms with E-state index in [2.05, 4.69) is 15.3 Å². The van der Waals surface area contributed by atoms with Gasteiger partial charge in [0, 0.05) is 12.6 Å². The smallest absolute Gasteiger partial charge is 0.255 e. The third-order valence-corrected chi connectivity index (χ3v) is 1.90. The zero-order valence-corrected chi connectivity index (χ0v) is 9.27. The van der Waals surface area contributed by atoms with E-state index in [9.17, 15) is 10.1 Å². The van der Waals surface area contributed by atoms with Gasteiger partial charge >= 0.3 is 0 Å². The molecule has 1 heterocycles. The standard InChI is InChI=1S/C9H10ClN3O3/c1-16-12-8(6-13(14)15)4-7-2-3-9(10)11-5-7/h2-3,5-6,12H,4H2,1H3. The number of halogens is 1. The van der Waals surface area contributed by atoms with E-state index in [1.807, 2.05) is 0 Å². The highest BCUT2D eigenvalue weighted by atomic mass is 35.5. The number of rotatable bonds is 5. The molecule has 0 saturated carbocycles. The number of nitrogens with zero attached hydrogens (tertiary/aromatic N) is 2. The molecular formula is C9H10ClN3O3. The van der Waals surface area contributed by atoms with Crippen LogP contribution in [0.4, 0.5) is 0 Å². The molecule has 1 aromatic heterocycles. The van der Waals surface area contributed by atoms with E-state index in [0.29, 0.717) is 17.3 Å². The Morgan fingerprint density at radius 3 is 3.00 bits per heavy atom. The molecule has 0 aliphatic carbocycles. The molecule has 0 spiro atoms. The number of aromatic nitrogens is 1. The van der Waals surface area contributed by atoms with Crippen molar-refractivity contribution in [3.05, 3.63) is 51.1 Å². The lowest BCUT2D eigenvalue weighted by Gasteiger charge is -2.05. The van der Waals surface area contributed by atoms with Crippen molar-refractivity contribution >= 4 is 11.6 Å². The SMILES string of the molecule is CONC(=C[N+](=O)[O-])Cc1ccc(Cl)nc1. The second kappa shape index (κ2) is 6.04. The third-order valence-electron chi connectivity index (χ3n) is 1.68. The minimum absolute atomic E-state index is 0.318. The molecule has 0 atom stereocenters. The van der Waals surface area contributed by atoms with E-state index in [-0.39, 0.29) is 0 Å². The fourth-order valence-corrected chi connectivity index (χ4v) is 1.21. The van der Waals surface area contributed by atoms with Gasteiger partial charge in [-0.1, -0.05) is 17.7 Å². The maximum absolute atomic E-state index is 10.3. The van der Waals surface area contributed by atoms with Crippen LogP contribution in [0.15, 0.2) is 30.2 Å². The minimum atomic E-state index is -0.551. The number of allylic oxidation sites excluding steroid dienone is 1. The van der Waals surface area contributed by atoms with Crippen LogP contribution in [-0.2, 0) is 11.3 Å².